The van der Waals surface area contributed by atoms with Gasteiger partial charge < -0.3 is 9.13 Å². The quantitative estimate of drug-likeness (QED) is 0.173. The molecule has 3 aromatic heterocycles. The Labute approximate surface area is 301 Å². The first-order chi connectivity index (χ1) is 24.8. The minimum absolute atomic E-state index is 0.111. The fourth-order valence-electron chi connectivity index (χ4n) is 9.34. The number of thiophene rings is 1. The van der Waals surface area contributed by atoms with E-state index in [9.17, 15) is 0 Å². The van der Waals surface area contributed by atoms with Gasteiger partial charge in [0.25, 0.3) is 0 Å². The summed E-state index contributed by atoms with van der Waals surface area (Å²) in [6, 6.07) is 50.4. The van der Waals surface area contributed by atoms with Gasteiger partial charge in [0.05, 0.1) is 22.1 Å². The van der Waals surface area contributed by atoms with Crippen molar-refractivity contribution in [3.8, 4) is 11.4 Å². The Hall–Kier alpha value is -5.38. The van der Waals surface area contributed by atoms with E-state index in [2.05, 4.69) is 170 Å². The second kappa shape index (κ2) is 10.1. The van der Waals surface area contributed by atoms with Crippen LogP contribution in [0, 0.1) is 0 Å². The molecule has 0 saturated carbocycles. The van der Waals surface area contributed by atoms with Gasteiger partial charge >= 0.3 is 0 Å². The number of para-hydroxylation sites is 1. The van der Waals surface area contributed by atoms with Gasteiger partial charge in [-0.2, -0.15) is 0 Å². The minimum Gasteiger partial charge on any atom is -0.309 e. The third-order valence-corrected chi connectivity index (χ3v) is 13.3. The Balaban J connectivity index is 1.33. The summed E-state index contributed by atoms with van der Waals surface area (Å²) in [6.45, 7) is 9.77. The predicted molar refractivity (Wildman–Crippen MR) is 221 cm³/mol. The molecule has 0 spiro atoms. The molecule has 0 fully saturated rings. The van der Waals surface area contributed by atoms with Crippen LogP contribution >= 0.6 is 11.3 Å². The summed E-state index contributed by atoms with van der Waals surface area (Å²) in [4.78, 5) is 0. The zero-order valence-corrected chi connectivity index (χ0v) is 30.2. The number of rotatable bonds is 2. The van der Waals surface area contributed by atoms with E-state index < -0.39 is 0 Å². The molecule has 246 valence electrons. The largest absolute Gasteiger partial charge is 0.309 e. The lowest BCUT2D eigenvalue weighted by Gasteiger charge is -2.42. The average Bonchev–Trinajstić information content (AvgIpc) is 3.79. The smallest absolute Gasteiger partial charge is 0.0562 e. The standard InChI is InChI=1S/C48H38N2S/c1-47(2)22-23-48(3,4)39-27-41-36(26-38(39)47)35-25-37-43(28-42(35)50(41)31-19-20-34-33-16-10-11-17-44(33)51-45(34)24-31)49(30-13-6-5-7-14-30)40-21-18-29-12-8-9-15-32(29)46(37)40/h5-21,24-28H,22-23H2,1-4H3. The molecular formula is C48H38N2S. The number of fused-ring (bicyclic) bond motifs is 12. The molecule has 3 heterocycles. The van der Waals surface area contributed by atoms with Crippen molar-refractivity contribution in [2.75, 3.05) is 0 Å². The Bertz CT molecular complexity index is 3080. The maximum atomic E-state index is 2.57. The van der Waals surface area contributed by atoms with Crippen molar-refractivity contribution < 1.29 is 0 Å². The molecule has 11 rings (SSSR count). The van der Waals surface area contributed by atoms with Crippen molar-refractivity contribution in [3.63, 3.8) is 0 Å². The van der Waals surface area contributed by atoms with Gasteiger partial charge in [0, 0.05) is 53.1 Å². The van der Waals surface area contributed by atoms with Crippen LogP contribution < -0.4 is 0 Å². The highest BCUT2D eigenvalue weighted by Crippen LogP contribution is 2.50. The Morgan fingerprint density at radius 3 is 1.88 bits per heavy atom. The van der Waals surface area contributed by atoms with Crippen molar-refractivity contribution in [1.82, 2.24) is 9.13 Å². The Morgan fingerprint density at radius 2 is 1.06 bits per heavy atom. The highest BCUT2D eigenvalue weighted by atomic mass is 32.1. The van der Waals surface area contributed by atoms with Gasteiger partial charge in [-0.3, -0.25) is 0 Å². The molecular weight excluding hydrogens is 637 g/mol. The monoisotopic (exact) mass is 674 g/mol. The lowest BCUT2D eigenvalue weighted by Crippen LogP contribution is -2.33. The maximum absolute atomic E-state index is 2.57. The SMILES string of the molecule is CC1(C)CCC(C)(C)c2cc3c(cc21)c1cc2c4c5ccccc5ccc4n(-c4ccccc4)c2cc1n3-c1ccc2c(c1)sc1ccccc12. The molecule has 3 heteroatoms. The van der Waals surface area contributed by atoms with E-state index in [1.807, 2.05) is 11.3 Å². The highest BCUT2D eigenvalue weighted by molar-refractivity contribution is 7.25. The summed E-state index contributed by atoms with van der Waals surface area (Å²) in [7, 11) is 0. The molecule has 0 atom stereocenters. The van der Waals surface area contributed by atoms with E-state index in [1.54, 1.807) is 0 Å². The van der Waals surface area contributed by atoms with E-state index in [-0.39, 0.29) is 10.8 Å². The van der Waals surface area contributed by atoms with Crippen LogP contribution in [0.3, 0.4) is 0 Å². The molecule has 0 amide bonds. The van der Waals surface area contributed by atoms with Crippen LogP contribution in [0.5, 0.6) is 0 Å². The van der Waals surface area contributed by atoms with Crippen LogP contribution in [0.2, 0.25) is 0 Å². The topological polar surface area (TPSA) is 9.86 Å². The summed E-state index contributed by atoms with van der Waals surface area (Å²) in [5.74, 6) is 0. The Morgan fingerprint density at radius 1 is 0.431 bits per heavy atom. The normalized spacial score (nSPS) is 15.6. The van der Waals surface area contributed by atoms with E-state index in [4.69, 9.17) is 0 Å². The van der Waals surface area contributed by atoms with Crippen molar-refractivity contribution >= 4 is 85.9 Å². The molecule has 1 aliphatic rings. The van der Waals surface area contributed by atoms with Gasteiger partial charge in [0.1, 0.15) is 0 Å². The van der Waals surface area contributed by atoms with Crippen molar-refractivity contribution in [2.24, 2.45) is 0 Å². The van der Waals surface area contributed by atoms with Gasteiger partial charge in [-0.1, -0.05) is 100 Å². The zero-order valence-electron chi connectivity index (χ0n) is 29.4. The molecule has 51 heavy (non-hydrogen) atoms. The first kappa shape index (κ1) is 29.4. The van der Waals surface area contributed by atoms with Crippen molar-refractivity contribution in [2.45, 2.75) is 51.4 Å². The number of benzene rings is 7. The van der Waals surface area contributed by atoms with Crippen LogP contribution in [-0.4, -0.2) is 9.13 Å². The molecule has 2 nitrogen and oxygen atoms in total. The number of hydrogen-bond donors (Lipinski definition) is 0. The Kier molecular flexibility index (Phi) is 5.82. The van der Waals surface area contributed by atoms with E-state index in [0.717, 1.165) is 0 Å². The van der Waals surface area contributed by atoms with E-state index in [1.165, 1.54) is 110 Å². The summed E-state index contributed by atoms with van der Waals surface area (Å²) >= 11 is 1.90. The van der Waals surface area contributed by atoms with Crippen molar-refractivity contribution in [3.05, 3.63) is 145 Å². The average molecular weight is 675 g/mol. The lowest BCUT2D eigenvalue weighted by molar-refractivity contribution is 0.332. The van der Waals surface area contributed by atoms with Crippen LogP contribution in [-0.2, 0) is 10.8 Å². The van der Waals surface area contributed by atoms with E-state index >= 15 is 0 Å². The fourth-order valence-corrected chi connectivity index (χ4v) is 10.5. The number of nitrogens with zero attached hydrogens (tertiary/aromatic N) is 2. The van der Waals surface area contributed by atoms with Gasteiger partial charge in [-0.05, 0) is 106 Å². The molecule has 10 aromatic rings. The molecule has 0 aliphatic heterocycles. The molecule has 0 saturated heterocycles. The number of hydrogen-bond acceptors (Lipinski definition) is 1. The second-order valence-corrected chi connectivity index (χ2v) is 17.1. The molecule has 0 bridgehead atoms. The third-order valence-electron chi connectivity index (χ3n) is 12.1. The highest BCUT2D eigenvalue weighted by Gasteiger charge is 2.38. The predicted octanol–water partition coefficient (Wildman–Crippen LogP) is 13.8. The van der Waals surface area contributed by atoms with Gasteiger partial charge in [0.2, 0.25) is 0 Å². The van der Waals surface area contributed by atoms with Crippen LogP contribution in [0.1, 0.15) is 51.7 Å². The molecule has 1 aliphatic carbocycles. The summed E-state index contributed by atoms with van der Waals surface area (Å²) in [5, 5.41) is 10.5. The molecule has 0 unspecified atom stereocenters. The summed E-state index contributed by atoms with van der Waals surface area (Å²) < 4.78 is 7.71. The zero-order chi connectivity index (χ0) is 34.2. The van der Waals surface area contributed by atoms with Gasteiger partial charge in [-0.15, -0.1) is 11.3 Å². The third kappa shape index (κ3) is 4.04. The summed E-state index contributed by atoms with van der Waals surface area (Å²) in [6.07, 6.45) is 2.39. The minimum atomic E-state index is 0.111. The lowest BCUT2D eigenvalue weighted by atomic mass is 9.63. The first-order valence-corrected chi connectivity index (χ1v) is 19.0. The summed E-state index contributed by atoms with van der Waals surface area (Å²) in [5.41, 5.74) is 10.6. The van der Waals surface area contributed by atoms with Crippen LogP contribution in [0.25, 0.3) is 85.9 Å². The van der Waals surface area contributed by atoms with E-state index in [0.29, 0.717) is 0 Å². The molecule has 0 radical (unpaired) electrons. The molecule has 7 aromatic carbocycles. The fraction of sp³-hybridized carbons (Fsp3) is 0.167. The first-order valence-electron chi connectivity index (χ1n) is 18.2. The van der Waals surface area contributed by atoms with Gasteiger partial charge in [0.15, 0.2) is 0 Å². The second-order valence-electron chi connectivity index (χ2n) is 16.0. The number of aromatic nitrogens is 2. The molecule has 0 N–H and O–H groups in total. The van der Waals surface area contributed by atoms with Crippen molar-refractivity contribution in [1.29, 1.82) is 0 Å². The maximum Gasteiger partial charge on any atom is 0.0562 e. The van der Waals surface area contributed by atoms with Crippen LogP contribution in [0.4, 0.5) is 0 Å². The van der Waals surface area contributed by atoms with Gasteiger partial charge in [-0.25, -0.2) is 0 Å². The van der Waals surface area contributed by atoms with Crippen LogP contribution in [0.15, 0.2) is 133 Å².